The van der Waals surface area contributed by atoms with Gasteiger partial charge in [-0.25, -0.2) is 8.42 Å². The number of rotatable bonds is 11. The average Bonchev–Trinajstić information content (AvgIpc) is 3.35. The van der Waals surface area contributed by atoms with Gasteiger partial charge in [-0.2, -0.15) is 5.26 Å². The number of para-hydroxylation sites is 1. The van der Waals surface area contributed by atoms with E-state index in [0.717, 1.165) is 22.6 Å². The van der Waals surface area contributed by atoms with Crippen molar-refractivity contribution in [1.82, 2.24) is 10.2 Å². The van der Waals surface area contributed by atoms with Gasteiger partial charge in [0.2, 0.25) is 19.3 Å². The number of nitrogens with one attached hydrogen (secondary N) is 1. The third-order valence-corrected chi connectivity index (χ3v) is 7.85. The fourth-order valence-corrected chi connectivity index (χ4v) is 4.89. The SMILES string of the molecule is CCS(=O)(=O)c1nnc(NC(=O)/C(C#N)=C\c2ccc(OCCOc3ccccc3C)c(OC)c2)s1. The van der Waals surface area contributed by atoms with Crippen LogP contribution >= 0.6 is 11.3 Å². The van der Waals surface area contributed by atoms with Gasteiger partial charge in [0.1, 0.15) is 30.6 Å². The van der Waals surface area contributed by atoms with Crippen molar-refractivity contribution in [3.8, 4) is 23.3 Å². The normalized spacial score (nSPS) is 11.4. The minimum Gasteiger partial charge on any atom is -0.493 e. The molecular weight excluding hydrogens is 504 g/mol. The number of hydrogen-bond donors (Lipinski definition) is 1. The summed E-state index contributed by atoms with van der Waals surface area (Å²) in [6.07, 6.45) is 1.37. The van der Waals surface area contributed by atoms with Crippen LogP contribution in [0.2, 0.25) is 0 Å². The van der Waals surface area contributed by atoms with Gasteiger partial charge in [-0.3, -0.25) is 10.1 Å². The van der Waals surface area contributed by atoms with Gasteiger partial charge >= 0.3 is 0 Å². The molecule has 1 aromatic heterocycles. The topological polar surface area (TPSA) is 140 Å². The van der Waals surface area contributed by atoms with Crippen LogP contribution < -0.4 is 19.5 Å². The summed E-state index contributed by atoms with van der Waals surface area (Å²) in [5, 5.41) is 19.1. The zero-order chi connectivity index (χ0) is 26.1. The van der Waals surface area contributed by atoms with E-state index in [1.165, 1.54) is 20.1 Å². The standard InChI is InChI=1S/C24H24N4O6S2/c1-4-36(30,31)24-28-27-23(35-24)26-22(29)18(15-25)13-17-9-10-20(21(14-17)32-3)34-12-11-33-19-8-6-5-7-16(19)2/h5-10,13-14H,4,11-12H2,1-3H3,(H,26,27,29)/b18-13-. The summed E-state index contributed by atoms with van der Waals surface area (Å²) >= 11 is 0.718. The largest absolute Gasteiger partial charge is 0.493 e. The van der Waals surface area contributed by atoms with Crippen molar-refractivity contribution in [2.24, 2.45) is 0 Å². The molecule has 3 aromatic rings. The van der Waals surface area contributed by atoms with E-state index >= 15 is 0 Å². The predicted octanol–water partition coefficient (Wildman–Crippen LogP) is 3.65. The molecule has 0 fully saturated rings. The Bertz CT molecular complexity index is 1410. The lowest BCUT2D eigenvalue weighted by molar-refractivity contribution is -0.112. The second-order valence-corrected chi connectivity index (χ2v) is 10.7. The summed E-state index contributed by atoms with van der Waals surface area (Å²) in [6, 6.07) is 14.5. The summed E-state index contributed by atoms with van der Waals surface area (Å²) in [5.41, 5.74) is 1.34. The number of benzene rings is 2. The lowest BCUT2D eigenvalue weighted by atomic mass is 10.1. The second kappa shape index (κ2) is 12.1. The monoisotopic (exact) mass is 528 g/mol. The maximum Gasteiger partial charge on any atom is 0.268 e. The number of nitriles is 1. The van der Waals surface area contributed by atoms with Crippen LogP contribution in [0.5, 0.6) is 17.2 Å². The molecule has 0 saturated carbocycles. The third-order valence-electron chi connectivity index (χ3n) is 4.83. The Kier molecular flexibility index (Phi) is 8.99. The highest BCUT2D eigenvalue weighted by Crippen LogP contribution is 2.29. The van der Waals surface area contributed by atoms with Crippen LogP contribution in [0.3, 0.4) is 0 Å². The minimum absolute atomic E-state index is 0.0255. The van der Waals surface area contributed by atoms with Crippen molar-refractivity contribution in [2.75, 3.05) is 31.4 Å². The first kappa shape index (κ1) is 26.7. The first-order valence-corrected chi connectivity index (χ1v) is 13.2. The quantitative estimate of drug-likeness (QED) is 0.171. The van der Waals surface area contributed by atoms with Crippen LogP contribution in [0.15, 0.2) is 52.4 Å². The number of amides is 1. The van der Waals surface area contributed by atoms with Crippen molar-refractivity contribution in [3.63, 3.8) is 0 Å². The molecule has 0 radical (unpaired) electrons. The Morgan fingerprint density at radius 3 is 2.50 bits per heavy atom. The van der Waals surface area contributed by atoms with Gasteiger partial charge < -0.3 is 14.2 Å². The number of aromatic nitrogens is 2. The molecule has 36 heavy (non-hydrogen) atoms. The number of aryl methyl sites for hydroxylation is 1. The van der Waals surface area contributed by atoms with Crippen molar-refractivity contribution < 1.29 is 27.4 Å². The summed E-state index contributed by atoms with van der Waals surface area (Å²) in [6.45, 7) is 4.06. The van der Waals surface area contributed by atoms with Gasteiger partial charge in [-0.05, 0) is 42.3 Å². The van der Waals surface area contributed by atoms with Gasteiger partial charge in [-0.1, -0.05) is 42.5 Å². The molecule has 1 amide bonds. The zero-order valence-corrected chi connectivity index (χ0v) is 21.5. The van der Waals surface area contributed by atoms with E-state index in [2.05, 4.69) is 15.5 Å². The molecule has 188 valence electrons. The number of nitrogens with zero attached hydrogens (tertiary/aromatic N) is 3. The number of sulfone groups is 1. The van der Waals surface area contributed by atoms with Gasteiger partial charge in [-0.15, -0.1) is 10.2 Å². The lowest BCUT2D eigenvalue weighted by Crippen LogP contribution is -2.13. The van der Waals surface area contributed by atoms with Gasteiger partial charge in [0, 0.05) is 0 Å². The minimum atomic E-state index is -3.54. The molecule has 1 heterocycles. The summed E-state index contributed by atoms with van der Waals surface area (Å²) in [4.78, 5) is 12.5. The Hall–Kier alpha value is -3.95. The first-order chi connectivity index (χ1) is 17.3. The Morgan fingerprint density at radius 2 is 1.83 bits per heavy atom. The molecule has 0 saturated heterocycles. The van der Waals surface area contributed by atoms with E-state index < -0.39 is 15.7 Å². The van der Waals surface area contributed by atoms with Crippen LogP contribution in [-0.2, 0) is 14.6 Å². The molecule has 0 atom stereocenters. The molecular formula is C24H24N4O6S2. The maximum atomic E-state index is 12.5. The molecule has 0 spiro atoms. The summed E-state index contributed by atoms with van der Waals surface area (Å²) in [7, 11) is -2.06. The maximum absolute atomic E-state index is 12.5. The van der Waals surface area contributed by atoms with E-state index in [9.17, 15) is 18.5 Å². The fraction of sp³-hybridized carbons (Fsp3) is 0.250. The zero-order valence-electron chi connectivity index (χ0n) is 19.8. The molecule has 0 aliphatic heterocycles. The molecule has 3 rings (SSSR count). The molecule has 10 nitrogen and oxygen atoms in total. The van der Waals surface area contributed by atoms with Crippen LogP contribution in [0.1, 0.15) is 18.1 Å². The Balaban J connectivity index is 1.65. The van der Waals surface area contributed by atoms with E-state index in [-0.39, 0.29) is 27.4 Å². The third kappa shape index (κ3) is 6.80. The van der Waals surface area contributed by atoms with Crippen molar-refractivity contribution in [2.45, 2.75) is 18.2 Å². The van der Waals surface area contributed by atoms with Crippen molar-refractivity contribution in [1.29, 1.82) is 5.26 Å². The fourth-order valence-electron chi connectivity index (χ4n) is 2.90. The molecule has 0 bridgehead atoms. The lowest BCUT2D eigenvalue weighted by Gasteiger charge is -2.13. The smallest absolute Gasteiger partial charge is 0.268 e. The Morgan fingerprint density at radius 1 is 1.11 bits per heavy atom. The highest BCUT2D eigenvalue weighted by atomic mass is 32.2. The first-order valence-electron chi connectivity index (χ1n) is 10.8. The van der Waals surface area contributed by atoms with Gasteiger partial charge in [0.05, 0.1) is 12.9 Å². The summed E-state index contributed by atoms with van der Waals surface area (Å²) in [5.74, 6) is 0.787. The van der Waals surface area contributed by atoms with Crippen molar-refractivity contribution in [3.05, 3.63) is 59.2 Å². The van der Waals surface area contributed by atoms with E-state index in [4.69, 9.17) is 14.2 Å². The highest BCUT2D eigenvalue weighted by molar-refractivity contribution is 7.93. The Labute approximate surface area is 213 Å². The number of hydrogen-bond acceptors (Lipinski definition) is 10. The number of carbonyl (C=O) groups is 1. The number of ether oxygens (including phenoxy) is 3. The van der Waals surface area contributed by atoms with E-state index in [1.54, 1.807) is 18.2 Å². The summed E-state index contributed by atoms with van der Waals surface area (Å²) < 4.78 is 40.4. The molecule has 2 aromatic carbocycles. The van der Waals surface area contributed by atoms with Crippen LogP contribution in [0, 0.1) is 18.3 Å². The highest BCUT2D eigenvalue weighted by Gasteiger charge is 2.20. The number of methoxy groups -OCH3 is 1. The average molecular weight is 529 g/mol. The predicted molar refractivity (Wildman–Crippen MR) is 135 cm³/mol. The molecule has 0 aliphatic carbocycles. The molecule has 12 heteroatoms. The molecule has 0 aliphatic rings. The second-order valence-electron chi connectivity index (χ2n) is 7.27. The van der Waals surface area contributed by atoms with Crippen LogP contribution in [0.4, 0.5) is 5.13 Å². The number of carbonyl (C=O) groups excluding carboxylic acids is 1. The van der Waals surface area contributed by atoms with Crippen LogP contribution in [-0.4, -0.2) is 50.6 Å². The van der Waals surface area contributed by atoms with Crippen LogP contribution in [0.25, 0.3) is 6.08 Å². The van der Waals surface area contributed by atoms with Gasteiger partial charge in [0.15, 0.2) is 11.5 Å². The van der Waals surface area contributed by atoms with Gasteiger partial charge in [0.25, 0.3) is 5.91 Å². The van der Waals surface area contributed by atoms with E-state index in [0.29, 0.717) is 23.7 Å². The van der Waals surface area contributed by atoms with E-state index in [1.807, 2.05) is 37.3 Å². The van der Waals surface area contributed by atoms with Crippen molar-refractivity contribution >= 4 is 38.3 Å². The molecule has 0 unspecified atom stereocenters. The molecule has 1 N–H and O–H groups in total. The number of anilines is 1.